The molecule has 0 aliphatic heterocycles. The fourth-order valence-electron chi connectivity index (χ4n) is 1.90. The summed E-state index contributed by atoms with van der Waals surface area (Å²) >= 11 is 0. The summed E-state index contributed by atoms with van der Waals surface area (Å²) in [5, 5.41) is 3.47. The Balaban J connectivity index is 1.83. The maximum Gasteiger partial charge on any atom is 0.103 e. The third kappa shape index (κ3) is 2.25. The summed E-state index contributed by atoms with van der Waals surface area (Å²) < 4.78 is 0. The van der Waals surface area contributed by atoms with Crippen LogP contribution in [0.2, 0.25) is 0 Å². The van der Waals surface area contributed by atoms with Crippen molar-refractivity contribution in [3.63, 3.8) is 0 Å². The van der Waals surface area contributed by atoms with Crippen molar-refractivity contribution >= 4 is 5.82 Å². The first-order valence-corrected chi connectivity index (χ1v) is 5.00. The second-order valence-corrected chi connectivity index (χ2v) is 3.84. The van der Waals surface area contributed by atoms with Crippen molar-refractivity contribution < 1.29 is 0 Å². The van der Waals surface area contributed by atoms with Gasteiger partial charge in [-0.1, -0.05) is 0 Å². The van der Waals surface area contributed by atoms with Crippen LogP contribution in [0.5, 0.6) is 0 Å². The zero-order valence-corrected chi connectivity index (χ0v) is 7.79. The Hall–Kier alpha value is -0.960. The normalized spacial score (nSPS) is 28.7. The zero-order chi connectivity index (χ0) is 9.10. The van der Waals surface area contributed by atoms with Crippen LogP contribution in [-0.2, 0) is 0 Å². The SMILES string of the molecule is NC1CCC(Nc2ccc[nH]2)CC1. The molecule has 0 spiro atoms. The fraction of sp³-hybridized carbons (Fsp3) is 0.600. The molecule has 4 N–H and O–H groups in total. The van der Waals surface area contributed by atoms with Crippen molar-refractivity contribution in [3.8, 4) is 0 Å². The van der Waals surface area contributed by atoms with Gasteiger partial charge < -0.3 is 16.0 Å². The number of nitrogens with one attached hydrogen (secondary N) is 2. The fourth-order valence-corrected chi connectivity index (χ4v) is 1.90. The van der Waals surface area contributed by atoms with Gasteiger partial charge in [-0.15, -0.1) is 0 Å². The van der Waals surface area contributed by atoms with Crippen molar-refractivity contribution in [1.82, 2.24) is 4.98 Å². The van der Waals surface area contributed by atoms with Crippen LogP contribution in [0.1, 0.15) is 25.7 Å². The Morgan fingerprint density at radius 2 is 2.08 bits per heavy atom. The molecule has 1 aliphatic carbocycles. The van der Waals surface area contributed by atoms with Gasteiger partial charge in [0.2, 0.25) is 0 Å². The summed E-state index contributed by atoms with van der Waals surface area (Å²) in [6.07, 6.45) is 6.63. The van der Waals surface area contributed by atoms with E-state index < -0.39 is 0 Å². The van der Waals surface area contributed by atoms with Crippen LogP contribution in [-0.4, -0.2) is 17.1 Å². The Labute approximate surface area is 78.7 Å². The van der Waals surface area contributed by atoms with Gasteiger partial charge in [0.15, 0.2) is 0 Å². The lowest BCUT2D eigenvalue weighted by atomic mass is 9.92. The highest BCUT2D eigenvalue weighted by molar-refractivity contribution is 5.35. The van der Waals surface area contributed by atoms with E-state index in [1.807, 2.05) is 12.3 Å². The second kappa shape index (κ2) is 3.83. The Morgan fingerprint density at radius 3 is 2.69 bits per heavy atom. The number of hydrogen-bond donors (Lipinski definition) is 3. The van der Waals surface area contributed by atoms with Gasteiger partial charge >= 0.3 is 0 Å². The molecule has 0 aromatic carbocycles. The maximum atomic E-state index is 5.83. The third-order valence-corrected chi connectivity index (χ3v) is 2.73. The molecule has 0 atom stereocenters. The van der Waals surface area contributed by atoms with Gasteiger partial charge in [-0.25, -0.2) is 0 Å². The quantitative estimate of drug-likeness (QED) is 0.647. The standard InChI is InChI=1S/C10H17N3/c11-8-3-5-9(6-4-8)13-10-2-1-7-12-10/h1-2,7-9,12-13H,3-6,11H2. The molecule has 3 heteroatoms. The topological polar surface area (TPSA) is 53.8 Å². The Morgan fingerprint density at radius 1 is 1.31 bits per heavy atom. The monoisotopic (exact) mass is 179 g/mol. The molecule has 0 unspecified atom stereocenters. The lowest BCUT2D eigenvalue weighted by Gasteiger charge is -2.26. The molecule has 1 heterocycles. The van der Waals surface area contributed by atoms with Crippen molar-refractivity contribution in [2.45, 2.75) is 37.8 Å². The molecule has 0 radical (unpaired) electrons. The first-order chi connectivity index (χ1) is 6.34. The average molecular weight is 179 g/mol. The van der Waals surface area contributed by atoms with E-state index in [1.165, 1.54) is 12.8 Å². The molecule has 1 aliphatic rings. The first kappa shape index (κ1) is 8.63. The van der Waals surface area contributed by atoms with Crippen molar-refractivity contribution in [2.75, 3.05) is 5.32 Å². The number of aromatic nitrogens is 1. The van der Waals surface area contributed by atoms with Gasteiger partial charge in [-0.3, -0.25) is 0 Å². The summed E-state index contributed by atoms with van der Waals surface area (Å²) in [5.74, 6) is 1.13. The molecule has 0 amide bonds. The number of anilines is 1. The number of aromatic amines is 1. The van der Waals surface area contributed by atoms with E-state index in [4.69, 9.17) is 5.73 Å². The van der Waals surface area contributed by atoms with Crippen LogP contribution in [0.15, 0.2) is 18.3 Å². The van der Waals surface area contributed by atoms with Crippen molar-refractivity contribution in [3.05, 3.63) is 18.3 Å². The lowest BCUT2D eigenvalue weighted by molar-refractivity contribution is 0.410. The predicted octanol–water partition coefficient (Wildman–Crippen LogP) is 1.70. The Bertz CT molecular complexity index is 235. The predicted molar refractivity (Wildman–Crippen MR) is 54.6 cm³/mol. The maximum absolute atomic E-state index is 5.83. The van der Waals surface area contributed by atoms with E-state index in [-0.39, 0.29) is 0 Å². The zero-order valence-electron chi connectivity index (χ0n) is 7.79. The summed E-state index contributed by atoms with van der Waals surface area (Å²) in [7, 11) is 0. The second-order valence-electron chi connectivity index (χ2n) is 3.84. The molecular weight excluding hydrogens is 162 g/mol. The highest BCUT2D eigenvalue weighted by Gasteiger charge is 2.17. The van der Waals surface area contributed by atoms with Crippen LogP contribution >= 0.6 is 0 Å². The van der Waals surface area contributed by atoms with E-state index in [2.05, 4.69) is 16.4 Å². The largest absolute Gasteiger partial charge is 0.369 e. The van der Waals surface area contributed by atoms with Crippen LogP contribution in [0.3, 0.4) is 0 Å². The van der Waals surface area contributed by atoms with Crippen LogP contribution in [0.25, 0.3) is 0 Å². The number of nitrogens with two attached hydrogens (primary N) is 1. The van der Waals surface area contributed by atoms with Gasteiger partial charge in [0.1, 0.15) is 5.82 Å². The van der Waals surface area contributed by atoms with E-state index in [1.54, 1.807) is 0 Å². The number of rotatable bonds is 2. The molecule has 1 aromatic heterocycles. The van der Waals surface area contributed by atoms with Gasteiger partial charge in [0, 0.05) is 18.3 Å². The first-order valence-electron chi connectivity index (χ1n) is 5.00. The molecule has 2 rings (SSSR count). The molecule has 0 saturated heterocycles. The summed E-state index contributed by atoms with van der Waals surface area (Å²) in [6, 6.07) is 5.12. The molecule has 72 valence electrons. The van der Waals surface area contributed by atoms with Crippen molar-refractivity contribution in [2.24, 2.45) is 5.73 Å². The molecule has 1 saturated carbocycles. The van der Waals surface area contributed by atoms with Crippen LogP contribution in [0, 0.1) is 0 Å². The summed E-state index contributed by atoms with van der Waals surface area (Å²) in [4.78, 5) is 3.15. The molecule has 1 fully saturated rings. The average Bonchev–Trinajstić information content (AvgIpc) is 2.62. The molecule has 1 aromatic rings. The van der Waals surface area contributed by atoms with Gasteiger partial charge in [0.25, 0.3) is 0 Å². The highest BCUT2D eigenvalue weighted by atomic mass is 15.0. The Kier molecular flexibility index (Phi) is 2.54. The number of H-pyrrole nitrogens is 1. The van der Waals surface area contributed by atoms with Crippen molar-refractivity contribution in [1.29, 1.82) is 0 Å². The minimum Gasteiger partial charge on any atom is -0.369 e. The van der Waals surface area contributed by atoms with E-state index >= 15 is 0 Å². The van der Waals surface area contributed by atoms with E-state index in [0.717, 1.165) is 18.7 Å². The van der Waals surface area contributed by atoms with Gasteiger partial charge in [0.05, 0.1) is 0 Å². The highest BCUT2D eigenvalue weighted by Crippen LogP contribution is 2.20. The van der Waals surface area contributed by atoms with E-state index in [9.17, 15) is 0 Å². The summed E-state index contributed by atoms with van der Waals surface area (Å²) in [5.41, 5.74) is 5.83. The smallest absolute Gasteiger partial charge is 0.103 e. The van der Waals surface area contributed by atoms with Crippen LogP contribution < -0.4 is 11.1 Å². The minimum atomic E-state index is 0.432. The molecule has 0 bridgehead atoms. The van der Waals surface area contributed by atoms with Gasteiger partial charge in [-0.2, -0.15) is 0 Å². The molecular formula is C10H17N3. The molecule has 13 heavy (non-hydrogen) atoms. The third-order valence-electron chi connectivity index (χ3n) is 2.73. The van der Waals surface area contributed by atoms with E-state index in [0.29, 0.717) is 12.1 Å². The molecule has 3 nitrogen and oxygen atoms in total. The number of hydrogen-bond acceptors (Lipinski definition) is 2. The lowest BCUT2D eigenvalue weighted by Crippen LogP contribution is -2.32. The van der Waals surface area contributed by atoms with Gasteiger partial charge in [-0.05, 0) is 37.8 Å². The minimum absolute atomic E-state index is 0.432. The summed E-state index contributed by atoms with van der Waals surface area (Å²) in [6.45, 7) is 0. The van der Waals surface area contributed by atoms with Crippen LogP contribution in [0.4, 0.5) is 5.82 Å².